The van der Waals surface area contributed by atoms with Crippen molar-refractivity contribution in [1.82, 2.24) is 14.9 Å². The van der Waals surface area contributed by atoms with E-state index in [4.69, 9.17) is 9.47 Å². The summed E-state index contributed by atoms with van der Waals surface area (Å²) in [5.41, 5.74) is 0. The first-order chi connectivity index (χ1) is 9.36. The average molecular weight is 267 g/mol. The van der Waals surface area contributed by atoms with E-state index in [2.05, 4.69) is 28.7 Å². The average Bonchev–Trinajstić information content (AvgIpc) is 2.89. The zero-order chi connectivity index (χ0) is 13.5. The molecular formula is C14H25N3O2. The van der Waals surface area contributed by atoms with Crippen LogP contribution in [0.2, 0.25) is 0 Å². The van der Waals surface area contributed by atoms with E-state index in [-0.39, 0.29) is 12.1 Å². The normalized spacial score (nSPS) is 21.5. The van der Waals surface area contributed by atoms with E-state index in [9.17, 15) is 0 Å². The third-order valence-electron chi connectivity index (χ3n) is 3.32. The van der Waals surface area contributed by atoms with Gasteiger partial charge >= 0.3 is 0 Å². The van der Waals surface area contributed by atoms with E-state index in [1.807, 2.05) is 12.4 Å². The molecule has 0 saturated carbocycles. The second kappa shape index (κ2) is 7.62. The van der Waals surface area contributed by atoms with Gasteiger partial charge in [0, 0.05) is 18.9 Å². The second-order valence-electron chi connectivity index (χ2n) is 4.89. The molecule has 0 radical (unpaired) electrons. The topological polar surface area (TPSA) is 48.3 Å². The molecule has 19 heavy (non-hydrogen) atoms. The molecule has 1 N–H and O–H groups in total. The van der Waals surface area contributed by atoms with Crippen molar-refractivity contribution in [3.63, 3.8) is 0 Å². The van der Waals surface area contributed by atoms with Crippen molar-refractivity contribution in [1.29, 1.82) is 0 Å². The van der Waals surface area contributed by atoms with Crippen LogP contribution in [0.1, 0.15) is 38.6 Å². The number of ether oxygens (including phenoxy) is 2. The molecule has 1 aliphatic heterocycles. The molecule has 2 rings (SSSR count). The van der Waals surface area contributed by atoms with Crippen LogP contribution in [-0.4, -0.2) is 42.0 Å². The summed E-state index contributed by atoms with van der Waals surface area (Å²) in [6.45, 7) is 8.31. The first-order valence-corrected chi connectivity index (χ1v) is 7.30. The predicted octanol–water partition coefficient (Wildman–Crippen LogP) is 1.75. The summed E-state index contributed by atoms with van der Waals surface area (Å²) in [6, 6.07) is 0.113. The van der Waals surface area contributed by atoms with E-state index in [1.165, 1.54) is 0 Å². The number of rotatable bonds is 7. The van der Waals surface area contributed by atoms with Gasteiger partial charge in [-0.15, -0.1) is 0 Å². The van der Waals surface area contributed by atoms with E-state index in [0.29, 0.717) is 19.8 Å². The summed E-state index contributed by atoms with van der Waals surface area (Å²) in [4.78, 5) is 4.53. The van der Waals surface area contributed by atoms with Gasteiger partial charge in [0.05, 0.1) is 25.9 Å². The molecule has 1 aliphatic rings. The van der Waals surface area contributed by atoms with E-state index < -0.39 is 0 Å². The Morgan fingerprint density at radius 3 is 3.00 bits per heavy atom. The first kappa shape index (κ1) is 14.5. The maximum atomic E-state index is 5.85. The highest BCUT2D eigenvalue weighted by Gasteiger charge is 2.29. The van der Waals surface area contributed by atoms with Gasteiger partial charge < -0.3 is 19.4 Å². The number of hydrogen-bond donors (Lipinski definition) is 1. The van der Waals surface area contributed by atoms with Crippen LogP contribution >= 0.6 is 0 Å². The highest BCUT2D eigenvalue weighted by molar-refractivity contribution is 5.03. The van der Waals surface area contributed by atoms with Crippen molar-refractivity contribution in [2.45, 2.75) is 45.4 Å². The molecule has 1 fully saturated rings. The Balaban J connectivity index is 2.12. The van der Waals surface area contributed by atoms with Gasteiger partial charge in [-0.05, 0) is 19.4 Å². The van der Waals surface area contributed by atoms with Crippen LogP contribution in [-0.2, 0) is 16.0 Å². The Bertz CT molecular complexity index is 361. The lowest BCUT2D eigenvalue weighted by molar-refractivity contribution is -0.103. The number of nitrogens with one attached hydrogen (secondary N) is 1. The summed E-state index contributed by atoms with van der Waals surface area (Å²) >= 11 is 0. The van der Waals surface area contributed by atoms with Gasteiger partial charge in [-0.25, -0.2) is 4.98 Å². The smallest absolute Gasteiger partial charge is 0.128 e. The van der Waals surface area contributed by atoms with Crippen molar-refractivity contribution < 1.29 is 9.47 Å². The number of nitrogens with zero attached hydrogens (tertiary/aromatic N) is 2. The molecule has 1 aromatic rings. The van der Waals surface area contributed by atoms with Gasteiger partial charge in [0.2, 0.25) is 0 Å². The Hall–Kier alpha value is -0.910. The molecule has 5 nitrogen and oxygen atoms in total. The van der Waals surface area contributed by atoms with Crippen LogP contribution in [0.3, 0.4) is 0 Å². The van der Waals surface area contributed by atoms with Gasteiger partial charge in [0.1, 0.15) is 11.9 Å². The summed E-state index contributed by atoms with van der Waals surface area (Å²) in [6.07, 6.45) is 6.17. The molecule has 0 aromatic carbocycles. The van der Waals surface area contributed by atoms with Crippen molar-refractivity contribution >= 4 is 0 Å². The van der Waals surface area contributed by atoms with E-state index in [0.717, 1.165) is 31.8 Å². The quantitative estimate of drug-likeness (QED) is 0.817. The van der Waals surface area contributed by atoms with Gasteiger partial charge in [0.25, 0.3) is 0 Å². The van der Waals surface area contributed by atoms with Gasteiger partial charge in [0.15, 0.2) is 0 Å². The maximum absolute atomic E-state index is 5.85. The van der Waals surface area contributed by atoms with Gasteiger partial charge in [-0.1, -0.05) is 13.8 Å². The Morgan fingerprint density at radius 2 is 2.32 bits per heavy atom. The van der Waals surface area contributed by atoms with Crippen molar-refractivity contribution in [3.05, 3.63) is 18.2 Å². The van der Waals surface area contributed by atoms with Crippen LogP contribution in [0.25, 0.3) is 0 Å². The minimum Gasteiger partial charge on any atom is -0.376 e. The largest absolute Gasteiger partial charge is 0.376 e. The highest BCUT2D eigenvalue weighted by atomic mass is 16.6. The molecule has 2 atom stereocenters. The lowest BCUT2D eigenvalue weighted by Gasteiger charge is -2.31. The number of imidazole rings is 1. The molecule has 1 saturated heterocycles. The van der Waals surface area contributed by atoms with Crippen molar-refractivity contribution in [3.8, 4) is 0 Å². The van der Waals surface area contributed by atoms with Crippen molar-refractivity contribution in [2.24, 2.45) is 0 Å². The monoisotopic (exact) mass is 267 g/mol. The third-order valence-corrected chi connectivity index (χ3v) is 3.32. The molecule has 108 valence electrons. The van der Waals surface area contributed by atoms with Crippen LogP contribution in [0.5, 0.6) is 0 Å². The Labute approximate surface area is 115 Å². The van der Waals surface area contributed by atoms with Gasteiger partial charge in [-0.3, -0.25) is 0 Å². The maximum Gasteiger partial charge on any atom is 0.128 e. The molecule has 0 bridgehead atoms. The van der Waals surface area contributed by atoms with E-state index >= 15 is 0 Å². The van der Waals surface area contributed by atoms with Gasteiger partial charge in [-0.2, -0.15) is 0 Å². The zero-order valence-electron chi connectivity index (χ0n) is 12.0. The van der Waals surface area contributed by atoms with E-state index in [1.54, 1.807) is 0 Å². The van der Waals surface area contributed by atoms with Crippen LogP contribution < -0.4 is 5.32 Å². The predicted molar refractivity (Wildman–Crippen MR) is 74.1 cm³/mol. The highest BCUT2D eigenvalue weighted by Crippen LogP contribution is 2.21. The molecule has 0 amide bonds. The molecular weight excluding hydrogens is 242 g/mol. The number of aryl methyl sites for hydroxylation is 1. The second-order valence-corrected chi connectivity index (χ2v) is 4.89. The first-order valence-electron chi connectivity index (χ1n) is 7.30. The minimum absolute atomic E-state index is 0.0540. The number of aromatic nitrogens is 2. The summed E-state index contributed by atoms with van der Waals surface area (Å²) in [7, 11) is 0. The van der Waals surface area contributed by atoms with Crippen molar-refractivity contribution in [2.75, 3.05) is 26.4 Å². The molecule has 1 aromatic heterocycles. The fraction of sp³-hybridized carbons (Fsp3) is 0.786. The number of hydrogen-bond acceptors (Lipinski definition) is 4. The third kappa shape index (κ3) is 3.78. The Kier molecular flexibility index (Phi) is 5.82. The van der Waals surface area contributed by atoms with Crippen LogP contribution in [0, 0.1) is 0 Å². The van der Waals surface area contributed by atoms with Crippen LogP contribution in [0.4, 0.5) is 0 Å². The molecule has 2 unspecified atom stereocenters. The zero-order valence-corrected chi connectivity index (χ0v) is 12.0. The minimum atomic E-state index is 0.0540. The SMILES string of the molecule is CCCNC(c1nccn1CCC)C1COCCO1. The lowest BCUT2D eigenvalue weighted by Crippen LogP contribution is -2.42. The fourth-order valence-electron chi connectivity index (χ4n) is 2.42. The summed E-state index contributed by atoms with van der Waals surface area (Å²) in [5.74, 6) is 1.06. The van der Waals surface area contributed by atoms with Crippen LogP contribution in [0.15, 0.2) is 12.4 Å². The molecule has 0 aliphatic carbocycles. The fourth-order valence-corrected chi connectivity index (χ4v) is 2.42. The lowest BCUT2D eigenvalue weighted by atomic mass is 10.1. The summed E-state index contributed by atoms with van der Waals surface area (Å²) < 4.78 is 13.6. The molecule has 2 heterocycles. The Morgan fingerprint density at radius 1 is 1.42 bits per heavy atom. The molecule has 0 spiro atoms. The molecule has 5 heteroatoms. The standard InChI is InChI=1S/C14H25N3O2/c1-3-5-15-13(12-11-18-9-10-19-12)14-16-6-8-17(14)7-4-2/h6,8,12-13,15H,3-5,7,9-11H2,1-2H3. The summed E-state index contributed by atoms with van der Waals surface area (Å²) in [5, 5.41) is 3.55.